The molecule has 96 valence electrons. The molecular weight excluding hydrogens is 248 g/mol. The molecule has 0 aliphatic carbocycles. The van der Waals surface area contributed by atoms with E-state index >= 15 is 0 Å². The van der Waals surface area contributed by atoms with Crippen LogP contribution in [0.5, 0.6) is 0 Å². The molecule has 0 fully saturated rings. The molecule has 0 N–H and O–H groups in total. The molecule has 0 aliphatic heterocycles. The third-order valence-electron chi connectivity index (χ3n) is 2.44. The zero-order chi connectivity index (χ0) is 14.4. The van der Waals surface area contributed by atoms with Gasteiger partial charge in [-0.3, -0.25) is 14.9 Å². The van der Waals surface area contributed by atoms with Gasteiger partial charge in [-0.05, 0) is 19.1 Å². The SMILES string of the molecule is CC(=O)c1cc(N(CC#N)CC#N)ccc1[N+](=O)[O-]. The van der Waals surface area contributed by atoms with Crippen LogP contribution in [0.3, 0.4) is 0 Å². The number of nitro groups is 1. The predicted octanol–water partition coefficient (Wildman–Crippen LogP) is 1.65. The van der Waals surface area contributed by atoms with Crippen LogP contribution in [0.25, 0.3) is 0 Å². The number of hydrogen-bond donors (Lipinski definition) is 0. The topological polar surface area (TPSA) is 111 Å². The number of Topliss-reactive ketones (excluding diaryl/α,β-unsaturated/α-hetero) is 1. The molecule has 0 heterocycles. The van der Waals surface area contributed by atoms with E-state index < -0.39 is 10.7 Å². The fraction of sp³-hybridized carbons (Fsp3) is 0.250. The van der Waals surface area contributed by atoms with Crippen LogP contribution >= 0.6 is 0 Å². The maximum Gasteiger partial charge on any atom is 0.280 e. The van der Waals surface area contributed by atoms with Gasteiger partial charge in [0, 0.05) is 11.8 Å². The van der Waals surface area contributed by atoms with Gasteiger partial charge in [0.25, 0.3) is 5.69 Å². The first-order chi connectivity index (χ1) is 9.01. The monoisotopic (exact) mass is 258 g/mol. The zero-order valence-corrected chi connectivity index (χ0v) is 10.2. The van der Waals surface area contributed by atoms with Crippen molar-refractivity contribution in [1.29, 1.82) is 10.5 Å². The van der Waals surface area contributed by atoms with Crippen molar-refractivity contribution in [2.45, 2.75) is 6.92 Å². The molecule has 1 aromatic carbocycles. The van der Waals surface area contributed by atoms with Gasteiger partial charge in [-0.25, -0.2) is 0 Å². The molecule has 1 rings (SSSR count). The van der Waals surface area contributed by atoms with E-state index in [-0.39, 0.29) is 24.3 Å². The highest BCUT2D eigenvalue weighted by Gasteiger charge is 2.19. The molecule has 0 aromatic heterocycles. The van der Waals surface area contributed by atoms with Crippen molar-refractivity contribution in [2.75, 3.05) is 18.0 Å². The number of carbonyl (C=O) groups is 1. The van der Waals surface area contributed by atoms with Crippen molar-refractivity contribution < 1.29 is 9.72 Å². The average molecular weight is 258 g/mol. The first-order valence-electron chi connectivity index (χ1n) is 5.29. The molecular formula is C12H10N4O3. The Bertz CT molecular complexity index is 582. The number of nitro benzene ring substituents is 1. The zero-order valence-electron chi connectivity index (χ0n) is 10.2. The first kappa shape index (κ1) is 14.1. The summed E-state index contributed by atoms with van der Waals surface area (Å²) in [7, 11) is 0. The Morgan fingerprint density at radius 3 is 2.37 bits per heavy atom. The second kappa shape index (κ2) is 6.12. The van der Waals surface area contributed by atoms with Crippen molar-refractivity contribution in [1.82, 2.24) is 0 Å². The first-order valence-corrected chi connectivity index (χ1v) is 5.29. The van der Waals surface area contributed by atoms with Crippen LogP contribution in [0.1, 0.15) is 17.3 Å². The molecule has 1 aromatic rings. The molecule has 0 unspecified atom stereocenters. The number of nitriles is 2. The molecule has 0 saturated carbocycles. The Kier molecular flexibility index (Phi) is 4.56. The van der Waals surface area contributed by atoms with Gasteiger partial charge in [0.05, 0.1) is 22.6 Å². The van der Waals surface area contributed by atoms with Gasteiger partial charge in [0.1, 0.15) is 13.1 Å². The van der Waals surface area contributed by atoms with Gasteiger partial charge in [-0.2, -0.15) is 10.5 Å². The van der Waals surface area contributed by atoms with Crippen molar-refractivity contribution in [3.63, 3.8) is 0 Å². The summed E-state index contributed by atoms with van der Waals surface area (Å²) in [5.74, 6) is -0.442. The van der Waals surface area contributed by atoms with E-state index in [0.29, 0.717) is 5.69 Å². The number of hydrogen-bond acceptors (Lipinski definition) is 6. The van der Waals surface area contributed by atoms with Crippen LogP contribution in [0, 0.1) is 32.8 Å². The molecule has 0 spiro atoms. The number of benzene rings is 1. The van der Waals surface area contributed by atoms with Crippen LogP contribution in [-0.2, 0) is 0 Å². The summed E-state index contributed by atoms with van der Waals surface area (Å²) in [5.41, 5.74) is 0.104. The lowest BCUT2D eigenvalue weighted by Gasteiger charge is -2.18. The minimum Gasteiger partial charge on any atom is -0.345 e. The van der Waals surface area contributed by atoms with Gasteiger partial charge in [0.15, 0.2) is 5.78 Å². The summed E-state index contributed by atoms with van der Waals surface area (Å²) < 4.78 is 0. The van der Waals surface area contributed by atoms with Gasteiger partial charge < -0.3 is 4.90 Å². The Labute approximate surface area is 109 Å². The minimum absolute atomic E-state index is 0.0385. The molecule has 0 radical (unpaired) electrons. The van der Waals surface area contributed by atoms with E-state index in [1.807, 2.05) is 12.1 Å². The van der Waals surface area contributed by atoms with Crippen molar-refractivity contribution in [3.05, 3.63) is 33.9 Å². The lowest BCUT2D eigenvalue weighted by atomic mass is 10.1. The quantitative estimate of drug-likeness (QED) is 0.343. The standard InChI is InChI=1S/C12H10N4O3/c1-9(17)11-8-10(2-3-12(11)16(18)19)15(6-4-13)7-5-14/h2-3,8H,6-7H2,1H3. The number of rotatable bonds is 5. The van der Waals surface area contributed by atoms with Gasteiger partial charge in [-0.15, -0.1) is 0 Å². The highest BCUT2D eigenvalue weighted by Crippen LogP contribution is 2.25. The molecule has 7 nitrogen and oxygen atoms in total. The lowest BCUT2D eigenvalue weighted by molar-refractivity contribution is -0.385. The molecule has 0 amide bonds. The van der Waals surface area contributed by atoms with E-state index in [9.17, 15) is 14.9 Å². The summed E-state index contributed by atoms with van der Waals surface area (Å²) >= 11 is 0. The fourth-order valence-electron chi connectivity index (χ4n) is 1.57. The van der Waals surface area contributed by atoms with E-state index in [1.54, 1.807) is 0 Å². The third kappa shape index (κ3) is 3.27. The minimum atomic E-state index is -0.639. The maximum absolute atomic E-state index is 11.4. The third-order valence-corrected chi connectivity index (χ3v) is 2.44. The molecule has 0 bridgehead atoms. The van der Waals surface area contributed by atoms with E-state index in [2.05, 4.69) is 0 Å². The summed E-state index contributed by atoms with van der Waals surface area (Å²) in [6, 6.07) is 7.73. The van der Waals surface area contributed by atoms with Crippen LogP contribution in [-0.4, -0.2) is 23.8 Å². The highest BCUT2D eigenvalue weighted by molar-refractivity contribution is 5.99. The average Bonchev–Trinajstić information content (AvgIpc) is 2.37. The second-order valence-corrected chi connectivity index (χ2v) is 3.69. The van der Waals surface area contributed by atoms with Crippen molar-refractivity contribution in [2.24, 2.45) is 0 Å². The van der Waals surface area contributed by atoms with Crippen LogP contribution < -0.4 is 4.90 Å². The van der Waals surface area contributed by atoms with E-state index in [4.69, 9.17) is 10.5 Å². The number of nitrogens with zero attached hydrogens (tertiary/aromatic N) is 4. The van der Waals surface area contributed by atoms with Crippen LogP contribution in [0.2, 0.25) is 0 Å². The van der Waals surface area contributed by atoms with Gasteiger partial charge >= 0.3 is 0 Å². The smallest absolute Gasteiger partial charge is 0.280 e. The second-order valence-electron chi connectivity index (χ2n) is 3.69. The van der Waals surface area contributed by atoms with Gasteiger partial charge in [0.2, 0.25) is 0 Å². The normalized spacial score (nSPS) is 9.21. The van der Waals surface area contributed by atoms with Gasteiger partial charge in [-0.1, -0.05) is 0 Å². The Morgan fingerprint density at radius 2 is 1.95 bits per heavy atom. The van der Waals surface area contributed by atoms with Crippen molar-refractivity contribution in [3.8, 4) is 12.1 Å². The maximum atomic E-state index is 11.4. The number of ketones is 1. The lowest BCUT2D eigenvalue weighted by Crippen LogP contribution is -2.24. The molecule has 7 heteroatoms. The molecule has 0 saturated heterocycles. The van der Waals surface area contributed by atoms with Crippen LogP contribution in [0.15, 0.2) is 18.2 Å². The van der Waals surface area contributed by atoms with Crippen LogP contribution in [0.4, 0.5) is 11.4 Å². The summed E-state index contributed by atoms with van der Waals surface area (Å²) in [4.78, 5) is 23.0. The number of anilines is 1. The fourth-order valence-corrected chi connectivity index (χ4v) is 1.57. The summed E-state index contributed by atoms with van der Waals surface area (Å²) in [5, 5.41) is 28.1. The summed E-state index contributed by atoms with van der Waals surface area (Å²) in [6.45, 7) is 1.15. The Morgan fingerprint density at radius 1 is 1.37 bits per heavy atom. The van der Waals surface area contributed by atoms with Crippen molar-refractivity contribution >= 4 is 17.2 Å². The molecule has 0 aliphatic rings. The Balaban J connectivity index is 3.28. The molecule has 19 heavy (non-hydrogen) atoms. The Hall–Kier alpha value is -2.93. The number of carbonyl (C=O) groups excluding carboxylic acids is 1. The van der Waals surface area contributed by atoms with E-state index in [1.165, 1.54) is 30.0 Å². The molecule has 0 atom stereocenters. The highest BCUT2D eigenvalue weighted by atomic mass is 16.6. The van der Waals surface area contributed by atoms with E-state index in [0.717, 1.165) is 0 Å². The summed E-state index contributed by atoms with van der Waals surface area (Å²) in [6.07, 6.45) is 0. The largest absolute Gasteiger partial charge is 0.345 e. The predicted molar refractivity (Wildman–Crippen MR) is 66.5 cm³/mol.